The van der Waals surface area contributed by atoms with Gasteiger partial charge >= 0.3 is 0 Å². The highest BCUT2D eigenvalue weighted by Gasteiger charge is 2.32. The number of hydrogen-bond donors (Lipinski definition) is 1. The van der Waals surface area contributed by atoms with E-state index in [0.717, 1.165) is 56.6 Å². The van der Waals surface area contributed by atoms with E-state index in [1.165, 1.54) is 0 Å². The SMILES string of the molecule is COc1ccccc1CNC(=O)c1cnc(C2CCCN2CC(=O)N2CCCC2)nc1C. The summed E-state index contributed by atoms with van der Waals surface area (Å²) < 4.78 is 5.34. The van der Waals surface area contributed by atoms with Crippen molar-refractivity contribution in [3.63, 3.8) is 0 Å². The van der Waals surface area contributed by atoms with Gasteiger partial charge < -0.3 is 15.0 Å². The lowest BCUT2D eigenvalue weighted by atomic mass is 10.1. The molecule has 2 fully saturated rings. The molecule has 1 aromatic carbocycles. The van der Waals surface area contributed by atoms with E-state index in [9.17, 15) is 9.59 Å². The average molecular weight is 438 g/mol. The summed E-state index contributed by atoms with van der Waals surface area (Å²) in [5, 5.41) is 2.93. The number of carbonyl (C=O) groups excluding carboxylic acids is 2. The largest absolute Gasteiger partial charge is 0.496 e. The van der Waals surface area contributed by atoms with Gasteiger partial charge in [-0.1, -0.05) is 18.2 Å². The van der Waals surface area contributed by atoms with Crippen molar-refractivity contribution in [2.45, 2.75) is 45.2 Å². The first kappa shape index (κ1) is 22.2. The van der Waals surface area contributed by atoms with Crippen LogP contribution in [0.1, 0.15) is 59.2 Å². The normalized spacial score (nSPS) is 18.7. The quantitative estimate of drug-likeness (QED) is 0.716. The summed E-state index contributed by atoms with van der Waals surface area (Å²) in [7, 11) is 1.61. The van der Waals surface area contributed by atoms with Crippen LogP contribution in [0.15, 0.2) is 30.5 Å². The fourth-order valence-corrected chi connectivity index (χ4v) is 4.54. The Hall–Kier alpha value is -3.00. The third-order valence-electron chi connectivity index (χ3n) is 6.33. The molecule has 2 amide bonds. The summed E-state index contributed by atoms with van der Waals surface area (Å²) in [5.74, 6) is 1.40. The van der Waals surface area contributed by atoms with Crippen LogP contribution in [0.3, 0.4) is 0 Å². The summed E-state index contributed by atoms with van der Waals surface area (Å²) in [6.07, 6.45) is 5.73. The minimum Gasteiger partial charge on any atom is -0.496 e. The van der Waals surface area contributed by atoms with E-state index in [-0.39, 0.29) is 17.9 Å². The standard InChI is InChI=1S/C24H31N5O3/c1-17-19(24(31)26-14-18-8-3-4-10-21(18)32-2)15-25-23(27-17)20-9-7-13-29(20)16-22(30)28-11-5-6-12-28/h3-4,8,10,15,20H,5-7,9,11-14,16H2,1-2H3,(H,26,31). The smallest absolute Gasteiger partial charge is 0.254 e. The minimum absolute atomic E-state index is 0.0194. The molecule has 2 aliphatic rings. The third kappa shape index (κ3) is 4.91. The second-order valence-corrected chi connectivity index (χ2v) is 8.44. The summed E-state index contributed by atoms with van der Waals surface area (Å²) in [6, 6.07) is 7.61. The van der Waals surface area contributed by atoms with Crippen LogP contribution in [0.4, 0.5) is 0 Å². The highest BCUT2D eigenvalue weighted by atomic mass is 16.5. The molecule has 0 aliphatic carbocycles. The van der Waals surface area contributed by atoms with Crippen molar-refractivity contribution >= 4 is 11.8 Å². The number of aromatic nitrogens is 2. The average Bonchev–Trinajstić information content (AvgIpc) is 3.50. The van der Waals surface area contributed by atoms with Gasteiger partial charge in [-0.3, -0.25) is 14.5 Å². The number of rotatable bonds is 7. The van der Waals surface area contributed by atoms with Crippen LogP contribution in [-0.2, 0) is 11.3 Å². The zero-order valence-corrected chi connectivity index (χ0v) is 18.8. The number of benzene rings is 1. The van der Waals surface area contributed by atoms with E-state index in [1.807, 2.05) is 36.1 Å². The van der Waals surface area contributed by atoms with E-state index in [2.05, 4.69) is 20.2 Å². The number of para-hydroxylation sites is 1. The molecule has 1 unspecified atom stereocenters. The number of ether oxygens (including phenoxy) is 1. The molecule has 0 spiro atoms. The van der Waals surface area contributed by atoms with Crippen LogP contribution in [0.2, 0.25) is 0 Å². The second-order valence-electron chi connectivity index (χ2n) is 8.44. The van der Waals surface area contributed by atoms with Crippen molar-refractivity contribution in [3.8, 4) is 5.75 Å². The summed E-state index contributed by atoms with van der Waals surface area (Å²) >= 11 is 0. The highest BCUT2D eigenvalue weighted by molar-refractivity contribution is 5.94. The Morgan fingerprint density at radius 2 is 1.94 bits per heavy atom. The molecular weight excluding hydrogens is 406 g/mol. The number of amides is 2. The Kier molecular flexibility index (Phi) is 6.99. The van der Waals surface area contributed by atoms with E-state index in [1.54, 1.807) is 13.3 Å². The Balaban J connectivity index is 1.40. The molecule has 0 saturated carbocycles. The van der Waals surface area contributed by atoms with Crippen molar-refractivity contribution in [1.29, 1.82) is 0 Å². The number of nitrogens with zero attached hydrogens (tertiary/aromatic N) is 4. The molecule has 2 aromatic rings. The first-order valence-electron chi connectivity index (χ1n) is 11.3. The van der Waals surface area contributed by atoms with Crippen molar-refractivity contribution in [3.05, 3.63) is 53.1 Å². The Morgan fingerprint density at radius 3 is 2.69 bits per heavy atom. The van der Waals surface area contributed by atoms with Crippen LogP contribution in [0, 0.1) is 6.92 Å². The molecule has 170 valence electrons. The predicted octanol–water partition coefficient (Wildman–Crippen LogP) is 2.48. The van der Waals surface area contributed by atoms with Gasteiger partial charge in [-0.25, -0.2) is 9.97 Å². The van der Waals surface area contributed by atoms with Gasteiger partial charge in [0.05, 0.1) is 31.0 Å². The molecule has 32 heavy (non-hydrogen) atoms. The highest BCUT2D eigenvalue weighted by Crippen LogP contribution is 2.30. The number of aryl methyl sites for hydroxylation is 1. The number of methoxy groups -OCH3 is 1. The number of likely N-dealkylation sites (tertiary alicyclic amines) is 2. The predicted molar refractivity (Wildman–Crippen MR) is 120 cm³/mol. The van der Waals surface area contributed by atoms with Crippen LogP contribution >= 0.6 is 0 Å². The van der Waals surface area contributed by atoms with Crippen LogP contribution in [0.25, 0.3) is 0 Å². The van der Waals surface area contributed by atoms with Crippen molar-refractivity contribution in [2.24, 2.45) is 0 Å². The Labute approximate surface area is 189 Å². The van der Waals surface area contributed by atoms with Gasteiger partial charge in [0, 0.05) is 31.4 Å². The van der Waals surface area contributed by atoms with Gasteiger partial charge in [0.25, 0.3) is 5.91 Å². The summed E-state index contributed by atoms with van der Waals surface area (Å²) in [5.41, 5.74) is 2.01. The third-order valence-corrected chi connectivity index (χ3v) is 6.33. The summed E-state index contributed by atoms with van der Waals surface area (Å²) in [6.45, 7) is 5.20. The molecule has 1 atom stereocenters. The number of carbonyl (C=O) groups is 2. The number of nitrogens with one attached hydrogen (secondary N) is 1. The Morgan fingerprint density at radius 1 is 1.16 bits per heavy atom. The summed E-state index contributed by atoms with van der Waals surface area (Å²) in [4.78, 5) is 38.7. The van der Waals surface area contributed by atoms with Gasteiger partial charge in [-0.05, 0) is 45.2 Å². The zero-order chi connectivity index (χ0) is 22.5. The molecule has 3 heterocycles. The molecule has 2 saturated heterocycles. The lowest BCUT2D eigenvalue weighted by Gasteiger charge is -2.25. The first-order valence-corrected chi connectivity index (χ1v) is 11.3. The van der Waals surface area contributed by atoms with E-state index >= 15 is 0 Å². The van der Waals surface area contributed by atoms with Crippen molar-refractivity contribution < 1.29 is 14.3 Å². The molecular formula is C24H31N5O3. The van der Waals surface area contributed by atoms with E-state index < -0.39 is 0 Å². The van der Waals surface area contributed by atoms with Crippen molar-refractivity contribution in [2.75, 3.05) is 33.3 Å². The lowest BCUT2D eigenvalue weighted by Crippen LogP contribution is -2.39. The molecule has 2 aliphatic heterocycles. The van der Waals surface area contributed by atoms with Crippen LogP contribution < -0.4 is 10.1 Å². The van der Waals surface area contributed by atoms with E-state index in [4.69, 9.17) is 4.74 Å². The van der Waals surface area contributed by atoms with Crippen molar-refractivity contribution in [1.82, 2.24) is 25.1 Å². The maximum Gasteiger partial charge on any atom is 0.254 e. The van der Waals surface area contributed by atoms with E-state index in [0.29, 0.717) is 30.2 Å². The zero-order valence-electron chi connectivity index (χ0n) is 18.8. The fourth-order valence-electron chi connectivity index (χ4n) is 4.54. The first-order chi connectivity index (χ1) is 15.6. The van der Waals surface area contributed by atoms with Crippen LogP contribution in [0.5, 0.6) is 5.75 Å². The van der Waals surface area contributed by atoms with Gasteiger partial charge in [-0.15, -0.1) is 0 Å². The molecule has 1 N–H and O–H groups in total. The van der Waals surface area contributed by atoms with Gasteiger partial charge in [-0.2, -0.15) is 0 Å². The van der Waals surface area contributed by atoms with Crippen LogP contribution in [-0.4, -0.2) is 64.9 Å². The molecule has 1 aromatic heterocycles. The number of hydrogen-bond acceptors (Lipinski definition) is 6. The van der Waals surface area contributed by atoms with Gasteiger partial charge in [0.1, 0.15) is 11.6 Å². The second kappa shape index (κ2) is 10.1. The molecule has 0 bridgehead atoms. The molecule has 8 nitrogen and oxygen atoms in total. The minimum atomic E-state index is -0.215. The fraction of sp³-hybridized carbons (Fsp3) is 0.500. The molecule has 0 radical (unpaired) electrons. The molecule has 8 heteroatoms. The van der Waals surface area contributed by atoms with Gasteiger partial charge in [0.15, 0.2) is 0 Å². The molecule has 4 rings (SSSR count). The monoisotopic (exact) mass is 437 g/mol. The Bertz CT molecular complexity index is 974. The topological polar surface area (TPSA) is 87.7 Å². The maximum atomic E-state index is 12.7. The lowest BCUT2D eigenvalue weighted by molar-refractivity contribution is -0.131. The maximum absolute atomic E-state index is 12.7. The van der Waals surface area contributed by atoms with Gasteiger partial charge in [0.2, 0.25) is 5.91 Å².